The molecule has 18 heavy (non-hydrogen) atoms. The molecule has 0 radical (unpaired) electrons. The Morgan fingerprint density at radius 2 is 2.00 bits per heavy atom. The molecule has 0 saturated heterocycles. The van der Waals surface area contributed by atoms with E-state index in [1.807, 2.05) is 30.3 Å². The molecule has 5 heteroatoms. The molecular weight excluding hydrogens is 236 g/mol. The Kier molecular flexibility index (Phi) is 3.84. The second-order valence-corrected chi connectivity index (χ2v) is 4.54. The van der Waals surface area contributed by atoms with Crippen LogP contribution in [-0.4, -0.2) is 34.7 Å². The quantitative estimate of drug-likeness (QED) is 0.781. The summed E-state index contributed by atoms with van der Waals surface area (Å²) >= 11 is 0. The lowest BCUT2D eigenvalue weighted by molar-refractivity contribution is -0.171. The van der Waals surface area contributed by atoms with E-state index in [4.69, 9.17) is 19.7 Å². The summed E-state index contributed by atoms with van der Waals surface area (Å²) in [7, 11) is 0. The molecule has 0 aliphatic heterocycles. The highest BCUT2D eigenvalue weighted by atomic mass is 16.7. The van der Waals surface area contributed by atoms with Gasteiger partial charge in [-0.3, -0.25) is 0 Å². The normalized spacial score (nSPS) is 26.4. The van der Waals surface area contributed by atoms with Crippen molar-refractivity contribution in [3.8, 4) is 0 Å². The maximum Gasteiger partial charge on any atom is 0.506 e. The fraction of sp³-hybridized carbons (Fsp3) is 0.462. The molecule has 0 spiro atoms. The number of benzene rings is 1. The van der Waals surface area contributed by atoms with Crippen molar-refractivity contribution in [1.29, 1.82) is 0 Å². The third-order valence-corrected chi connectivity index (χ3v) is 3.12. The molecule has 0 unspecified atom stereocenters. The highest BCUT2D eigenvalue weighted by Crippen LogP contribution is 2.38. The molecule has 0 atom stereocenters. The summed E-state index contributed by atoms with van der Waals surface area (Å²) in [5.41, 5.74) is 0.103. The molecule has 1 aromatic rings. The zero-order valence-corrected chi connectivity index (χ0v) is 9.91. The summed E-state index contributed by atoms with van der Waals surface area (Å²) in [5, 5.41) is 17.7. The highest BCUT2D eigenvalue weighted by molar-refractivity contribution is 5.57. The number of carbonyl (C=O) groups is 1. The summed E-state index contributed by atoms with van der Waals surface area (Å²) in [5.74, 6) is 0. The number of hydrogen-bond donors (Lipinski definition) is 2. The van der Waals surface area contributed by atoms with Gasteiger partial charge in [0.2, 0.25) is 0 Å². The van der Waals surface area contributed by atoms with E-state index in [0.717, 1.165) is 5.56 Å². The number of hydrogen-bond acceptors (Lipinski definition) is 4. The van der Waals surface area contributed by atoms with Crippen molar-refractivity contribution in [2.75, 3.05) is 6.61 Å². The van der Waals surface area contributed by atoms with Crippen LogP contribution < -0.4 is 0 Å². The summed E-state index contributed by atoms with van der Waals surface area (Å²) in [6.07, 6.45) is -0.604. The minimum absolute atomic E-state index is 0.0586. The standard InChI is InChI=1S/C13H16O5/c14-9-13(18-12(15)16)6-11(7-13)17-8-10-4-2-1-3-5-10/h1-5,11,14H,6-9H2,(H,15,16). The van der Waals surface area contributed by atoms with Crippen molar-refractivity contribution in [1.82, 2.24) is 0 Å². The molecule has 2 N–H and O–H groups in total. The van der Waals surface area contributed by atoms with Crippen LogP contribution in [0.1, 0.15) is 18.4 Å². The van der Waals surface area contributed by atoms with Gasteiger partial charge in [0.1, 0.15) is 5.60 Å². The number of ether oxygens (including phenoxy) is 2. The Bertz CT molecular complexity index is 397. The largest absolute Gasteiger partial charge is 0.506 e. The minimum atomic E-state index is -1.36. The predicted molar refractivity (Wildman–Crippen MR) is 63.2 cm³/mol. The zero-order valence-electron chi connectivity index (χ0n) is 9.91. The van der Waals surface area contributed by atoms with Crippen molar-refractivity contribution in [3.05, 3.63) is 35.9 Å². The summed E-state index contributed by atoms with van der Waals surface area (Å²) in [6, 6.07) is 9.73. The van der Waals surface area contributed by atoms with Gasteiger partial charge in [0.25, 0.3) is 0 Å². The van der Waals surface area contributed by atoms with Gasteiger partial charge in [-0.05, 0) is 5.56 Å². The van der Waals surface area contributed by atoms with Crippen LogP contribution >= 0.6 is 0 Å². The summed E-state index contributed by atoms with van der Waals surface area (Å²) in [6.45, 7) is 0.185. The number of rotatable bonds is 5. The molecule has 1 saturated carbocycles. The van der Waals surface area contributed by atoms with Crippen molar-refractivity contribution in [2.45, 2.75) is 31.2 Å². The number of aliphatic hydroxyl groups excluding tert-OH is 1. The SMILES string of the molecule is O=C(O)OC1(CO)CC(OCc2ccccc2)C1. The highest BCUT2D eigenvalue weighted by Gasteiger charge is 2.48. The summed E-state index contributed by atoms with van der Waals surface area (Å²) in [4.78, 5) is 10.5. The van der Waals surface area contributed by atoms with Gasteiger partial charge in [0.15, 0.2) is 0 Å². The first-order chi connectivity index (χ1) is 8.63. The molecule has 1 aromatic carbocycles. The summed E-state index contributed by atoms with van der Waals surface area (Å²) < 4.78 is 10.3. The average molecular weight is 252 g/mol. The first-order valence-corrected chi connectivity index (χ1v) is 5.82. The fourth-order valence-electron chi connectivity index (χ4n) is 2.11. The molecular formula is C13H16O5. The van der Waals surface area contributed by atoms with E-state index >= 15 is 0 Å². The monoisotopic (exact) mass is 252 g/mol. The molecule has 0 aromatic heterocycles. The lowest BCUT2D eigenvalue weighted by atomic mass is 9.78. The molecule has 5 nitrogen and oxygen atoms in total. The molecule has 0 heterocycles. The predicted octanol–water partition coefficient (Wildman–Crippen LogP) is 1.79. The van der Waals surface area contributed by atoms with Gasteiger partial charge in [-0.25, -0.2) is 4.79 Å². The van der Waals surface area contributed by atoms with Crippen LogP contribution in [0.3, 0.4) is 0 Å². The first kappa shape index (κ1) is 12.9. The molecule has 0 amide bonds. The van der Waals surface area contributed by atoms with Crippen molar-refractivity contribution >= 4 is 6.16 Å². The molecule has 1 aliphatic carbocycles. The second kappa shape index (κ2) is 5.37. The van der Waals surface area contributed by atoms with Gasteiger partial charge in [0.05, 0.1) is 19.3 Å². The Labute approximate surface area is 105 Å². The lowest BCUT2D eigenvalue weighted by Crippen LogP contribution is -2.53. The topological polar surface area (TPSA) is 76.0 Å². The van der Waals surface area contributed by atoms with Crippen molar-refractivity contribution < 1.29 is 24.5 Å². The number of carboxylic acid groups (broad SMARTS) is 1. The second-order valence-electron chi connectivity index (χ2n) is 4.54. The Morgan fingerprint density at radius 1 is 1.33 bits per heavy atom. The maximum absolute atomic E-state index is 10.5. The molecule has 2 rings (SSSR count). The Balaban J connectivity index is 1.77. The minimum Gasteiger partial charge on any atom is -0.450 e. The van der Waals surface area contributed by atoms with Crippen LogP contribution in [0.4, 0.5) is 4.79 Å². The van der Waals surface area contributed by atoms with Crippen molar-refractivity contribution in [2.24, 2.45) is 0 Å². The van der Waals surface area contributed by atoms with Gasteiger partial charge in [-0.2, -0.15) is 0 Å². The van der Waals surface area contributed by atoms with E-state index < -0.39 is 11.8 Å². The Hall–Kier alpha value is -1.59. The van der Waals surface area contributed by atoms with Gasteiger partial charge < -0.3 is 19.7 Å². The van der Waals surface area contributed by atoms with E-state index in [1.165, 1.54) is 0 Å². The average Bonchev–Trinajstić information content (AvgIpc) is 2.32. The van der Waals surface area contributed by atoms with Crippen LogP contribution in [0.2, 0.25) is 0 Å². The van der Waals surface area contributed by atoms with Crippen LogP contribution in [0.15, 0.2) is 30.3 Å². The smallest absolute Gasteiger partial charge is 0.450 e. The third kappa shape index (κ3) is 3.00. The first-order valence-electron chi connectivity index (χ1n) is 5.82. The van der Waals surface area contributed by atoms with Crippen LogP contribution in [0.25, 0.3) is 0 Å². The van der Waals surface area contributed by atoms with E-state index in [9.17, 15) is 4.79 Å². The number of aliphatic hydroxyl groups is 1. The Morgan fingerprint density at radius 3 is 2.56 bits per heavy atom. The van der Waals surface area contributed by atoms with E-state index in [0.29, 0.717) is 19.4 Å². The van der Waals surface area contributed by atoms with E-state index in [1.54, 1.807) is 0 Å². The maximum atomic E-state index is 10.5. The van der Waals surface area contributed by atoms with Gasteiger partial charge in [-0.1, -0.05) is 30.3 Å². The van der Waals surface area contributed by atoms with Gasteiger partial charge >= 0.3 is 6.16 Å². The van der Waals surface area contributed by atoms with Crippen LogP contribution in [0, 0.1) is 0 Å². The molecule has 1 aliphatic rings. The lowest BCUT2D eigenvalue weighted by Gasteiger charge is -2.44. The van der Waals surface area contributed by atoms with Gasteiger partial charge in [-0.15, -0.1) is 0 Å². The third-order valence-electron chi connectivity index (χ3n) is 3.12. The molecule has 98 valence electrons. The molecule has 0 bridgehead atoms. The van der Waals surface area contributed by atoms with E-state index in [-0.39, 0.29) is 12.7 Å². The van der Waals surface area contributed by atoms with Crippen LogP contribution in [0.5, 0.6) is 0 Å². The van der Waals surface area contributed by atoms with Crippen molar-refractivity contribution in [3.63, 3.8) is 0 Å². The zero-order chi connectivity index (χ0) is 13.0. The fourth-order valence-corrected chi connectivity index (χ4v) is 2.11. The van der Waals surface area contributed by atoms with Crippen LogP contribution in [-0.2, 0) is 16.1 Å². The van der Waals surface area contributed by atoms with E-state index in [2.05, 4.69) is 0 Å². The molecule has 1 fully saturated rings. The van der Waals surface area contributed by atoms with Gasteiger partial charge in [0, 0.05) is 12.8 Å².